The van der Waals surface area contributed by atoms with Crippen molar-refractivity contribution in [3.05, 3.63) is 58.9 Å². The number of aryl methyl sites for hydroxylation is 2. The molecule has 6 nitrogen and oxygen atoms in total. The Kier molecular flexibility index (Phi) is 6.31. The van der Waals surface area contributed by atoms with Crippen LogP contribution in [0.15, 0.2) is 36.5 Å². The number of rotatable bonds is 7. The minimum absolute atomic E-state index is 0.215. The van der Waals surface area contributed by atoms with Crippen LogP contribution in [0, 0.1) is 13.8 Å². The average Bonchev–Trinajstić information content (AvgIpc) is 2.68. The summed E-state index contributed by atoms with van der Waals surface area (Å²) in [5.74, 6) is 0.549. The van der Waals surface area contributed by atoms with E-state index in [9.17, 15) is 9.90 Å². The predicted molar refractivity (Wildman–Crippen MR) is 108 cm³/mol. The zero-order chi connectivity index (χ0) is 20.1. The standard InChI is InChI=1S/C22H29N3O3/c1-16-10-19(13-24-17(16)2)12-23-15-22(27)8-5-9-25(21(22)26)14-18-6-4-7-20(11-18)28-3/h4,6-7,10-11,13,23,27H,5,8-9,12,14-15H2,1-3H3. The van der Waals surface area contributed by atoms with E-state index in [1.807, 2.05) is 44.3 Å². The van der Waals surface area contributed by atoms with Crippen molar-refractivity contribution in [2.45, 2.75) is 45.4 Å². The van der Waals surface area contributed by atoms with Crippen LogP contribution >= 0.6 is 0 Å². The molecule has 1 aromatic carbocycles. The van der Waals surface area contributed by atoms with E-state index in [0.29, 0.717) is 26.1 Å². The van der Waals surface area contributed by atoms with Gasteiger partial charge in [-0.2, -0.15) is 0 Å². The molecule has 0 radical (unpaired) electrons. The van der Waals surface area contributed by atoms with E-state index in [1.54, 1.807) is 12.0 Å². The second-order valence-electron chi connectivity index (χ2n) is 7.56. The van der Waals surface area contributed by atoms with Crippen LogP contribution in [-0.4, -0.2) is 46.7 Å². The minimum Gasteiger partial charge on any atom is -0.497 e. The molecule has 1 atom stereocenters. The normalized spacial score (nSPS) is 19.7. The number of pyridine rings is 1. The van der Waals surface area contributed by atoms with Gasteiger partial charge in [0.15, 0.2) is 5.60 Å². The summed E-state index contributed by atoms with van der Waals surface area (Å²) in [5, 5.41) is 14.2. The molecule has 1 unspecified atom stereocenters. The van der Waals surface area contributed by atoms with Crippen LogP contribution < -0.4 is 10.1 Å². The molecule has 1 aromatic heterocycles. The highest BCUT2D eigenvalue weighted by Gasteiger charge is 2.41. The molecule has 3 rings (SSSR count). The van der Waals surface area contributed by atoms with Gasteiger partial charge in [-0.25, -0.2) is 0 Å². The molecule has 0 bridgehead atoms. The Labute approximate surface area is 166 Å². The van der Waals surface area contributed by atoms with Crippen molar-refractivity contribution >= 4 is 5.91 Å². The number of carbonyl (C=O) groups is 1. The number of ether oxygens (including phenoxy) is 1. The first-order valence-corrected chi connectivity index (χ1v) is 9.69. The van der Waals surface area contributed by atoms with Gasteiger partial charge in [-0.15, -0.1) is 0 Å². The summed E-state index contributed by atoms with van der Waals surface area (Å²) in [5.41, 5.74) is 2.81. The molecule has 1 amide bonds. The molecular formula is C22H29N3O3. The highest BCUT2D eigenvalue weighted by atomic mass is 16.5. The van der Waals surface area contributed by atoms with Crippen molar-refractivity contribution in [1.29, 1.82) is 0 Å². The van der Waals surface area contributed by atoms with E-state index in [4.69, 9.17) is 4.74 Å². The van der Waals surface area contributed by atoms with Crippen LogP contribution in [0.4, 0.5) is 0 Å². The number of aliphatic hydroxyl groups is 1. The van der Waals surface area contributed by atoms with Crippen LogP contribution in [0.5, 0.6) is 5.75 Å². The number of piperidine rings is 1. The quantitative estimate of drug-likeness (QED) is 0.768. The maximum atomic E-state index is 12.9. The lowest BCUT2D eigenvalue weighted by atomic mass is 9.91. The average molecular weight is 383 g/mol. The molecule has 2 N–H and O–H groups in total. The summed E-state index contributed by atoms with van der Waals surface area (Å²) >= 11 is 0. The second kappa shape index (κ2) is 8.71. The van der Waals surface area contributed by atoms with Gasteiger partial charge in [0.2, 0.25) is 0 Å². The number of amides is 1. The van der Waals surface area contributed by atoms with E-state index < -0.39 is 5.60 Å². The molecule has 1 aliphatic rings. The molecule has 1 saturated heterocycles. The number of nitrogens with zero attached hydrogens (tertiary/aromatic N) is 2. The van der Waals surface area contributed by atoms with E-state index in [2.05, 4.69) is 16.4 Å². The Morgan fingerprint density at radius 3 is 2.86 bits per heavy atom. The summed E-state index contributed by atoms with van der Waals surface area (Å²) < 4.78 is 5.25. The lowest BCUT2D eigenvalue weighted by molar-refractivity contribution is -0.157. The molecule has 0 aliphatic carbocycles. The fourth-order valence-corrected chi connectivity index (χ4v) is 3.58. The van der Waals surface area contributed by atoms with Crippen molar-refractivity contribution in [2.24, 2.45) is 0 Å². The summed E-state index contributed by atoms with van der Waals surface area (Å²) in [7, 11) is 1.63. The van der Waals surface area contributed by atoms with Gasteiger partial charge in [0.05, 0.1) is 7.11 Å². The molecule has 0 saturated carbocycles. The summed E-state index contributed by atoms with van der Waals surface area (Å²) in [6, 6.07) is 9.76. The molecule has 2 aromatic rings. The molecule has 0 spiro atoms. The van der Waals surface area contributed by atoms with Crippen LogP contribution in [0.3, 0.4) is 0 Å². The Bertz CT molecular complexity index is 840. The predicted octanol–water partition coefficient (Wildman–Crippen LogP) is 2.35. The minimum atomic E-state index is -1.37. The molecule has 1 fully saturated rings. The Morgan fingerprint density at radius 2 is 2.11 bits per heavy atom. The van der Waals surface area contributed by atoms with E-state index >= 15 is 0 Å². The number of benzene rings is 1. The largest absolute Gasteiger partial charge is 0.497 e. The smallest absolute Gasteiger partial charge is 0.256 e. The van der Waals surface area contributed by atoms with Gasteiger partial charge in [-0.3, -0.25) is 9.78 Å². The summed E-state index contributed by atoms with van der Waals surface area (Å²) in [6.45, 7) is 5.93. The van der Waals surface area contributed by atoms with E-state index in [-0.39, 0.29) is 12.5 Å². The van der Waals surface area contributed by atoms with Gasteiger partial charge in [-0.1, -0.05) is 18.2 Å². The maximum Gasteiger partial charge on any atom is 0.256 e. The second-order valence-corrected chi connectivity index (χ2v) is 7.56. The summed E-state index contributed by atoms with van der Waals surface area (Å²) in [4.78, 5) is 19.0. The van der Waals surface area contributed by atoms with Gasteiger partial charge in [0.1, 0.15) is 5.75 Å². The lowest BCUT2D eigenvalue weighted by Crippen LogP contribution is -2.57. The van der Waals surface area contributed by atoms with E-state index in [1.165, 1.54) is 0 Å². The number of aromatic nitrogens is 1. The maximum absolute atomic E-state index is 12.9. The zero-order valence-corrected chi connectivity index (χ0v) is 16.9. The molecule has 2 heterocycles. The number of methoxy groups -OCH3 is 1. The number of nitrogens with one attached hydrogen (secondary N) is 1. The van der Waals surface area contributed by atoms with Crippen molar-refractivity contribution in [3.63, 3.8) is 0 Å². The summed E-state index contributed by atoms with van der Waals surface area (Å²) in [6.07, 6.45) is 3.08. The molecule has 6 heteroatoms. The highest BCUT2D eigenvalue weighted by Crippen LogP contribution is 2.25. The number of hydrogen-bond donors (Lipinski definition) is 2. The zero-order valence-electron chi connectivity index (χ0n) is 16.9. The van der Waals surface area contributed by atoms with Crippen molar-refractivity contribution in [3.8, 4) is 5.75 Å². The van der Waals surface area contributed by atoms with Gasteiger partial charge in [-0.05, 0) is 55.5 Å². The van der Waals surface area contributed by atoms with Crippen LogP contribution in [0.25, 0.3) is 0 Å². The fraction of sp³-hybridized carbons (Fsp3) is 0.455. The van der Waals surface area contributed by atoms with Crippen molar-refractivity contribution < 1.29 is 14.6 Å². The highest BCUT2D eigenvalue weighted by molar-refractivity contribution is 5.86. The van der Waals surface area contributed by atoms with Gasteiger partial charge in [0.25, 0.3) is 5.91 Å². The molecule has 28 heavy (non-hydrogen) atoms. The van der Waals surface area contributed by atoms with Gasteiger partial charge in [0, 0.05) is 38.1 Å². The molecular weight excluding hydrogens is 354 g/mol. The number of carbonyl (C=O) groups excluding carboxylic acids is 1. The van der Waals surface area contributed by atoms with Crippen molar-refractivity contribution in [1.82, 2.24) is 15.2 Å². The third kappa shape index (κ3) is 4.69. The first kappa shape index (κ1) is 20.3. The number of likely N-dealkylation sites (tertiary alicyclic amines) is 1. The Hall–Kier alpha value is -2.44. The molecule has 150 valence electrons. The van der Waals surface area contributed by atoms with E-state index in [0.717, 1.165) is 34.6 Å². The lowest BCUT2D eigenvalue weighted by Gasteiger charge is -2.38. The van der Waals surface area contributed by atoms with Gasteiger partial charge >= 0.3 is 0 Å². The van der Waals surface area contributed by atoms with Crippen LogP contribution in [0.1, 0.15) is 35.2 Å². The first-order chi connectivity index (χ1) is 13.4. The SMILES string of the molecule is COc1cccc(CN2CCCC(O)(CNCc3cnc(C)c(C)c3)C2=O)c1. The third-order valence-corrected chi connectivity index (χ3v) is 5.35. The molecule has 1 aliphatic heterocycles. The topological polar surface area (TPSA) is 74.7 Å². The number of hydrogen-bond acceptors (Lipinski definition) is 5. The third-order valence-electron chi connectivity index (χ3n) is 5.35. The van der Waals surface area contributed by atoms with Crippen LogP contribution in [-0.2, 0) is 17.9 Å². The van der Waals surface area contributed by atoms with Crippen LogP contribution in [0.2, 0.25) is 0 Å². The van der Waals surface area contributed by atoms with Crippen molar-refractivity contribution in [2.75, 3.05) is 20.2 Å². The Balaban J connectivity index is 1.60. The Morgan fingerprint density at radius 1 is 1.29 bits per heavy atom. The fourth-order valence-electron chi connectivity index (χ4n) is 3.58. The monoisotopic (exact) mass is 383 g/mol. The first-order valence-electron chi connectivity index (χ1n) is 9.69. The van der Waals surface area contributed by atoms with Gasteiger partial charge < -0.3 is 20.1 Å².